The van der Waals surface area contributed by atoms with E-state index in [0.29, 0.717) is 5.75 Å². The topological polar surface area (TPSA) is 144 Å². The van der Waals surface area contributed by atoms with Crippen LogP contribution in [0.15, 0.2) is 132 Å². The van der Waals surface area contributed by atoms with Gasteiger partial charge in [-0.1, -0.05) is 109 Å². The van der Waals surface area contributed by atoms with Gasteiger partial charge in [-0.05, 0) is 54.2 Å². The molecule has 15 heteroatoms. The number of amides is 1. The van der Waals surface area contributed by atoms with E-state index in [1.807, 2.05) is 60.7 Å². The first-order valence-corrected chi connectivity index (χ1v) is 19.8. The Labute approximate surface area is 316 Å². The van der Waals surface area contributed by atoms with Gasteiger partial charge in [-0.15, -0.1) is 0 Å². The van der Waals surface area contributed by atoms with Crippen LogP contribution in [-0.2, 0) is 24.2 Å². The van der Waals surface area contributed by atoms with Crippen molar-refractivity contribution in [2.24, 2.45) is 0 Å². The highest BCUT2D eigenvalue weighted by molar-refractivity contribution is 7.83. The van der Waals surface area contributed by atoms with Crippen molar-refractivity contribution in [3.8, 4) is 5.75 Å². The summed E-state index contributed by atoms with van der Waals surface area (Å²) < 4.78 is 34.0. The molecule has 1 aliphatic heterocycles. The molecule has 2 N–H and O–H groups in total. The van der Waals surface area contributed by atoms with Gasteiger partial charge in [-0.2, -0.15) is 4.98 Å². The second-order valence-electron chi connectivity index (χ2n) is 12.9. The van der Waals surface area contributed by atoms with Crippen molar-refractivity contribution in [2.75, 3.05) is 45.8 Å². The first-order chi connectivity index (χ1) is 26.2. The molecule has 0 radical (unpaired) electrons. The standard InChI is InChI=1S/C39H39ClN7O6P/c1-45(2)54(40,50)53-24-32-23-47(39(28-15-7-3-8-16-28,29-17-9-4-10-18-29)30-19-11-5-12-20-30)34(26-52-32)46-27-41-35-36(46)43-38(44-37(35)49)42-33(48)25-51-31-21-13-6-14-22-31/h3-22,27,32,34H,23-26H2,1-2H3,(H2,42,43,44,48,49). The van der Waals surface area contributed by atoms with Gasteiger partial charge >= 0.3 is 6.87 Å². The van der Waals surface area contributed by atoms with Crippen LogP contribution in [0.1, 0.15) is 22.9 Å². The first-order valence-electron chi connectivity index (χ1n) is 17.3. The Morgan fingerprint density at radius 2 is 1.50 bits per heavy atom. The third kappa shape index (κ3) is 7.60. The number of benzene rings is 4. The largest absolute Gasteiger partial charge is 0.484 e. The lowest BCUT2D eigenvalue weighted by molar-refractivity contribution is -0.124. The zero-order chi connectivity index (χ0) is 37.7. The number of anilines is 1. The van der Waals surface area contributed by atoms with Gasteiger partial charge in [0.2, 0.25) is 5.95 Å². The highest BCUT2D eigenvalue weighted by atomic mass is 35.7. The number of hydrogen-bond acceptors (Lipinski definition) is 9. The van der Waals surface area contributed by atoms with Crippen molar-refractivity contribution < 1.29 is 23.4 Å². The Balaban J connectivity index is 1.35. The number of nitrogens with zero attached hydrogens (tertiary/aromatic N) is 5. The predicted molar refractivity (Wildman–Crippen MR) is 207 cm³/mol. The van der Waals surface area contributed by atoms with Crippen LogP contribution in [0.25, 0.3) is 11.2 Å². The molecule has 1 fully saturated rings. The molecule has 1 amide bonds. The smallest absolute Gasteiger partial charge is 0.362 e. The molecule has 0 bridgehead atoms. The maximum absolute atomic E-state index is 13.4. The van der Waals surface area contributed by atoms with Crippen molar-refractivity contribution in [3.05, 3.63) is 155 Å². The van der Waals surface area contributed by atoms with Gasteiger partial charge in [0.1, 0.15) is 11.9 Å². The molecule has 3 heterocycles. The van der Waals surface area contributed by atoms with Crippen molar-refractivity contribution >= 4 is 41.1 Å². The summed E-state index contributed by atoms with van der Waals surface area (Å²) in [6, 6.07) is 39.3. The number of morpholine rings is 1. The number of aromatic nitrogens is 4. The third-order valence-corrected chi connectivity index (χ3v) is 11.9. The van der Waals surface area contributed by atoms with Crippen molar-refractivity contribution in [1.29, 1.82) is 0 Å². The summed E-state index contributed by atoms with van der Waals surface area (Å²) in [5.41, 5.74) is 1.72. The molecule has 4 aromatic carbocycles. The molecule has 7 rings (SSSR count). The van der Waals surface area contributed by atoms with Crippen LogP contribution in [0, 0.1) is 0 Å². The number of nitrogens with one attached hydrogen (secondary N) is 2. The number of aromatic amines is 1. The first kappa shape index (κ1) is 37.2. The third-order valence-electron chi connectivity index (χ3n) is 9.27. The quantitative estimate of drug-likeness (QED) is 0.102. The molecule has 278 valence electrons. The average Bonchev–Trinajstić information content (AvgIpc) is 3.63. The fourth-order valence-corrected chi connectivity index (χ4v) is 7.51. The average molecular weight is 768 g/mol. The van der Waals surface area contributed by atoms with Crippen LogP contribution in [0.2, 0.25) is 0 Å². The number of hydrogen-bond donors (Lipinski definition) is 2. The molecular formula is C39H39ClN7O6P. The molecule has 0 aliphatic carbocycles. The van der Waals surface area contributed by atoms with Crippen LogP contribution >= 0.6 is 18.1 Å². The van der Waals surface area contributed by atoms with E-state index in [2.05, 4.69) is 56.6 Å². The molecule has 0 spiro atoms. The lowest BCUT2D eigenvalue weighted by atomic mass is 9.74. The van der Waals surface area contributed by atoms with Gasteiger partial charge in [-0.3, -0.25) is 33.9 Å². The summed E-state index contributed by atoms with van der Waals surface area (Å²) in [6.07, 6.45) is 0.358. The number of carbonyl (C=O) groups excluding carboxylic acids is 1. The Hall–Kier alpha value is -5.14. The second kappa shape index (κ2) is 16.1. The molecular weight excluding hydrogens is 729 g/mol. The van der Waals surface area contributed by atoms with Crippen molar-refractivity contribution in [1.82, 2.24) is 29.1 Å². The number of para-hydroxylation sites is 1. The minimum atomic E-state index is -3.61. The minimum absolute atomic E-state index is 0.0551. The van der Waals surface area contributed by atoms with Gasteiger partial charge in [0, 0.05) is 6.54 Å². The summed E-state index contributed by atoms with van der Waals surface area (Å²) in [6.45, 7) is -3.61. The second-order valence-corrected chi connectivity index (χ2v) is 16.1. The van der Waals surface area contributed by atoms with Gasteiger partial charge in [-0.25, -0.2) is 9.65 Å². The van der Waals surface area contributed by atoms with Gasteiger partial charge in [0.05, 0.1) is 31.2 Å². The van der Waals surface area contributed by atoms with Gasteiger partial charge in [0.25, 0.3) is 11.5 Å². The van der Waals surface area contributed by atoms with Crippen molar-refractivity contribution in [2.45, 2.75) is 17.8 Å². The summed E-state index contributed by atoms with van der Waals surface area (Å²) in [4.78, 5) is 40.4. The summed E-state index contributed by atoms with van der Waals surface area (Å²) >= 11 is 6.30. The fraction of sp³-hybridized carbons (Fsp3) is 0.231. The SMILES string of the molecule is CN(C)P(=O)(Cl)OCC1CN(C(c2ccccc2)(c2ccccc2)c2ccccc2)C(n2cnc3c(=O)[nH]c(NC(=O)COc4ccccc4)nc32)CO1. The van der Waals surface area contributed by atoms with Gasteiger partial charge < -0.3 is 14.0 Å². The molecule has 3 unspecified atom stereocenters. The number of carbonyl (C=O) groups is 1. The zero-order valence-corrected chi connectivity index (χ0v) is 31.3. The Bertz CT molecular complexity index is 2200. The number of halogens is 1. The van der Waals surface area contributed by atoms with Crippen LogP contribution in [0.5, 0.6) is 5.75 Å². The van der Waals surface area contributed by atoms with Gasteiger partial charge in [0.15, 0.2) is 17.8 Å². The fourth-order valence-electron chi connectivity index (χ4n) is 6.76. The van der Waals surface area contributed by atoms with E-state index in [0.717, 1.165) is 16.7 Å². The monoisotopic (exact) mass is 767 g/mol. The lowest BCUT2D eigenvalue weighted by Gasteiger charge is -2.52. The summed E-state index contributed by atoms with van der Waals surface area (Å²) in [5.74, 6) is -0.0473. The number of ether oxygens (including phenoxy) is 2. The molecule has 13 nitrogen and oxygen atoms in total. The number of imidazole rings is 1. The zero-order valence-electron chi connectivity index (χ0n) is 29.6. The molecule has 6 aromatic rings. The Kier molecular flexibility index (Phi) is 11.1. The number of fused-ring (bicyclic) bond motifs is 1. The normalized spacial score (nSPS) is 17.6. The van der Waals surface area contributed by atoms with E-state index in [4.69, 9.17) is 30.2 Å². The highest BCUT2D eigenvalue weighted by Gasteiger charge is 2.49. The van der Waals surface area contributed by atoms with Crippen LogP contribution in [0.4, 0.5) is 5.95 Å². The Morgan fingerprint density at radius 1 is 0.944 bits per heavy atom. The minimum Gasteiger partial charge on any atom is -0.484 e. The van der Waals surface area contributed by atoms with E-state index in [9.17, 15) is 14.2 Å². The highest BCUT2D eigenvalue weighted by Crippen LogP contribution is 2.54. The summed E-state index contributed by atoms with van der Waals surface area (Å²) in [5, 5.41) is 2.65. The van der Waals surface area contributed by atoms with E-state index < -0.39 is 36.1 Å². The molecule has 1 aliphatic rings. The molecule has 3 atom stereocenters. The van der Waals surface area contributed by atoms with E-state index in [1.165, 1.54) is 4.67 Å². The Morgan fingerprint density at radius 3 is 2.06 bits per heavy atom. The lowest BCUT2D eigenvalue weighted by Crippen LogP contribution is -2.58. The van der Waals surface area contributed by atoms with E-state index in [1.54, 1.807) is 49.3 Å². The molecule has 2 aromatic heterocycles. The van der Waals surface area contributed by atoms with Crippen molar-refractivity contribution in [3.63, 3.8) is 0 Å². The van der Waals surface area contributed by atoms with Crippen LogP contribution < -0.4 is 15.6 Å². The predicted octanol–water partition coefficient (Wildman–Crippen LogP) is 6.25. The maximum atomic E-state index is 13.4. The van der Waals surface area contributed by atoms with E-state index in [-0.39, 0.29) is 43.5 Å². The maximum Gasteiger partial charge on any atom is 0.362 e. The van der Waals surface area contributed by atoms with Crippen LogP contribution in [0.3, 0.4) is 0 Å². The number of H-pyrrole nitrogens is 1. The number of rotatable bonds is 13. The molecule has 0 saturated carbocycles. The van der Waals surface area contributed by atoms with Crippen LogP contribution in [-0.4, -0.2) is 81.6 Å². The molecule has 54 heavy (non-hydrogen) atoms. The molecule has 1 saturated heterocycles. The summed E-state index contributed by atoms with van der Waals surface area (Å²) in [7, 11) is 3.18. The van der Waals surface area contributed by atoms with E-state index >= 15 is 0 Å².